The molecule has 1 atom stereocenters. The van der Waals surface area contributed by atoms with Gasteiger partial charge in [-0.25, -0.2) is 12.8 Å². The molecule has 6 nitrogen and oxygen atoms in total. The number of carbonyl (C=O) groups excluding carboxylic acids is 2. The van der Waals surface area contributed by atoms with E-state index in [-0.39, 0.29) is 23.0 Å². The Balaban J connectivity index is 1.71. The third-order valence-electron chi connectivity index (χ3n) is 4.05. The minimum Gasteiger partial charge on any atom is -0.326 e. The van der Waals surface area contributed by atoms with Crippen molar-refractivity contribution >= 4 is 44.8 Å². The largest absolute Gasteiger partial charge is 0.326 e. The summed E-state index contributed by atoms with van der Waals surface area (Å²) in [6.07, 6.45) is -0.235. The highest BCUT2D eigenvalue weighted by molar-refractivity contribution is 8.00. The number of thioether (sulfide) groups is 1. The van der Waals surface area contributed by atoms with Gasteiger partial charge < -0.3 is 10.6 Å². The van der Waals surface area contributed by atoms with E-state index in [2.05, 4.69) is 10.6 Å². The predicted molar refractivity (Wildman–Crippen MR) is 102 cm³/mol. The Hall–Kier alpha value is -2.39. The second-order valence-electron chi connectivity index (χ2n) is 6.11. The summed E-state index contributed by atoms with van der Waals surface area (Å²) >= 11 is 1.27. The number of hydrogen-bond donors (Lipinski definition) is 2. The van der Waals surface area contributed by atoms with Crippen LogP contribution < -0.4 is 10.6 Å². The molecule has 1 aliphatic rings. The SMILES string of the molecule is CC(CC(=O)Nc1ccc(F)cc1)S(=O)(=O)c1ccc2c(c1)SCC(=O)N2. The first-order valence-corrected chi connectivity index (χ1v) is 10.6. The van der Waals surface area contributed by atoms with Gasteiger partial charge in [-0.05, 0) is 49.4 Å². The molecule has 0 aromatic heterocycles. The van der Waals surface area contributed by atoms with Crippen LogP contribution in [0.2, 0.25) is 0 Å². The zero-order chi connectivity index (χ0) is 19.6. The monoisotopic (exact) mass is 408 g/mol. The van der Waals surface area contributed by atoms with Gasteiger partial charge in [-0.3, -0.25) is 9.59 Å². The first kappa shape index (κ1) is 19.4. The summed E-state index contributed by atoms with van der Waals surface area (Å²) in [6.45, 7) is 1.47. The Kier molecular flexibility index (Phi) is 5.52. The second kappa shape index (κ2) is 7.69. The summed E-state index contributed by atoms with van der Waals surface area (Å²) in [7, 11) is -3.73. The molecule has 2 N–H and O–H groups in total. The molecule has 1 heterocycles. The van der Waals surface area contributed by atoms with Crippen LogP contribution in [-0.2, 0) is 19.4 Å². The van der Waals surface area contributed by atoms with E-state index in [1.165, 1.54) is 55.1 Å². The van der Waals surface area contributed by atoms with Gasteiger partial charge in [-0.2, -0.15) is 0 Å². The topological polar surface area (TPSA) is 92.3 Å². The molecule has 0 saturated carbocycles. The molecule has 142 valence electrons. The van der Waals surface area contributed by atoms with Crippen LogP contribution in [0.1, 0.15) is 13.3 Å². The highest BCUT2D eigenvalue weighted by atomic mass is 32.2. The maximum Gasteiger partial charge on any atom is 0.234 e. The van der Waals surface area contributed by atoms with Crippen molar-refractivity contribution in [2.24, 2.45) is 0 Å². The maximum atomic E-state index is 12.9. The lowest BCUT2D eigenvalue weighted by Crippen LogP contribution is -2.25. The van der Waals surface area contributed by atoms with Crippen molar-refractivity contribution in [3.05, 3.63) is 48.3 Å². The fourth-order valence-electron chi connectivity index (χ4n) is 2.58. The van der Waals surface area contributed by atoms with Crippen LogP contribution in [0.4, 0.5) is 15.8 Å². The number of carbonyl (C=O) groups is 2. The highest BCUT2D eigenvalue weighted by Gasteiger charge is 2.27. The molecule has 0 saturated heterocycles. The molecule has 0 aliphatic carbocycles. The van der Waals surface area contributed by atoms with E-state index in [1.54, 1.807) is 6.07 Å². The Morgan fingerprint density at radius 1 is 1.26 bits per heavy atom. The van der Waals surface area contributed by atoms with Gasteiger partial charge in [-0.1, -0.05) is 0 Å². The van der Waals surface area contributed by atoms with Gasteiger partial charge in [0.1, 0.15) is 5.82 Å². The zero-order valence-electron chi connectivity index (χ0n) is 14.4. The van der Waals surface area contributed by atoms with Crippen LogP contribution in [0, 0.1) is 5.82 Å². The van der Waals surface area contributed by atoms with E-state index >= 15 is 0 Å². The maximum absolute atomic E-state index is 12.9. The molecular weight excluding hydrogens is 391 g/mol. The predicted octanol–water partition coefficient (Wildman–Crippen LogP) is 3.06. The zero-order valence-corrected chi connectivity index (χ0v) is 16.0. The van der Waals surface area contributed by atoms with Crippen LogP contribution in [0.5, 0.6) is 0 Å². The molecule has 27 heavy (non-hydrogen) atoms. The molecule has 3 rings (SSSR count). The molecule has 0 fully saturated rings. The van der Waals surface area contributed by atoms with Crippen LogP contribution >= 0.6 is 11.8 Å². The average Bonchev–Trinajstić information content (AvgIpc) is 2.63. The molecule has 2 aromatic carbocycles. The minimum atomic E-state index is -3.73. The number of rotatable bonds is 5. The van der Waals surface area contributed by atoms with Gasteiger partial charge in [0.25, 0.3) is 0 Å². The first-order chi connectivity index (χ1) is 12.8. The molecule has 2 amide bonds. The summed E-state index contributed by atoms with van der Waals surface area (Å²) in [5, 5.41) is 4.30. The lowest BCUT2D eigenvalue weighted by molar-refractivity contribution is -0.116. The fraction of sp³-hybridized carbons (Fsp3) is 0.222. The van der Waals surface area contributed by atoms with Gasteiger partial charge >= 0.3 is 0 Å². The number of amides is 2. The van der Waals surface area contributed by atoms with Crippen LogP contribution in [0.3, 0.4) is 0 Å². The van der Waals surface area contributed by atoms with E-state index in [1.807, 2.05) is 0 Å². The number of benzene rings is 2. The molecule has 1 aliphatic heterocycles. The fourth-order valence-corrected chi connectivity index (χ4v) is 4.87. The third kappa shape index (κ3) is 4.48. The number of sulfone groups is 1. The second-order valence-corrected chi connectivity index (χ2v) is 9.49. The molecule has 2 aromatic rings. The number of hydrogen-bond acceptors (Lipinski definition) is 5. The molecular formula is C18H17FN2O4S2. The highest BCUT2D eigenvalue weighted by Crippen LogP contribution is 2.34. The lowest BCUT2D eigenvalue weighted by atomic mass is 10.2. The Morgan fingerprint density at radius 2 is 1.96 bits per heavy atom. The summed E-state index contributed by atoms with van der Waals surface area (Å²) in [4.78, 5) is 24.3. The minimum absolute atomic E-state index is 0.104. The van der Waals surface area contributed by atoms with E-state index in [4.69, 9.17) is 0 Å². The number of anilines is 2. The van der Waals surface area contributed by atoms with E-state index in [9.17, 15) is 22.4 Å². The van der Waals surface area contributed by atoms with Crippen molar-refractivity contribution in [2.45, 2.75) is 28.4 Å². The molecule has 9 heteroatoms. The average molecular weight is 408 g/mol. The molecule has 1 unspecified atom stereocenters. The first-order valence-electron chi connectivity index (χ1n) is 8.12. The Labute approximate surface area is 160 Å². The Morgan fingerprint density at radius 3 is 2.67 bits per heavy atom. The van der Waals surface area contributed by atoms with Crippen LogP contribution in [-0.4, -0.2) is 31.2 Å². The summed E-state index contributed by atoms with van der Waals surface area (Å²) in [5.41, 5.74) is 0.976. The lowest BCUT2D eigenvalue weighted by Gasteiger charge is -2.18. The summed E-state index contributed by atoms with van der Waals surface area (Å²) in [6, 6.07) is 9.72. The van der Waals surface area contributed by atoms with Crippen molar-refractivity contribution in [1.29, 1.82) is 0 Å². The van der Waals surface area contributed by atoms with Gasteiger partial charge in [0.05, 0.1) is 21.6 Å². The summed E-state index contributed by atoms with van der Waals surface area (Å²) in [5.74, 6) is -0.803. The van der Waals surface area contributed by atoms with Gasteiger partial charge in [0.15, 0.2) is 9.84 Å². The van der Waals surface area contributed by atoms with E-state index in [0.29, 0.717) is 16.3 Å². The summed E-state index contributed by atoms with van der Waals surface area (Å²) < 4.78 is 38.5. The number of halogens is 1. The van der Waals surface area contributed by atoms with Gasteiger partial charge in [0, 0.05) is 17.0 Å². The van der Waals surface area contributed by atoms with Crippen molar-refractivity contribution in [2.75, 3.05) is 16.4 Å². The number of fused-ring (bicyclic) bond motifs is 1. The van der Waals surface area contributed by atoms with Crippen LogP contribution in [0.15, 0.2) is 52.3 Å². The normalized spacial score (nSPS) is 14.8. The Bertz CT molecular complexity index is 991. The van der Waals surface area contributed by atoms with Crippen LogP contribution in [0.25, 0.3) is 0 Å². The third-order valence-corrected chi connectivity index (χ3v) is 7.24. The van der Waals surface area contributed by atoms with E-state index < -0.39 is 26.8 Å². The van der Waals surface area contributed by atoms with Crippen molar-refractivity contribution in [3.63, 3.8) is 0 Å². The standard InChI is InChI=1S/C18H17FN2O4S2/c1-11(8-17(22)20-13-4-2-12(19)3-5-13)27(24,25)14-6-7-15-16(9-14)26-10-18(23)21-15/h2-7,9,11H,8,10H2,1H3,(H,20,22)(H,21,23). The van der Waals surface area contributed by atoms with Gasteiger partial charge in [-0.15, -0.1) is 11.8 Å². The van der Waals surface area contributed by atoms with Gasteiger partial charge in [0.2, 0.25) is 11.8 Å². The number of nitrogens with one attached hydrogen (secondary N) is 2. The van der Waals surface area contributed by atoms with Crippen molar-refractivity contribution in [3.8, 4) is 0 Å². The van der Waals surface area contributed by atoms with E-state index in [0.717, 1.165) is 0 Å². The molecule has 0 radical (unpaired) electrons. The van der Waals surface area contributed by atoms with Crippen molar-refractivity contribution < 1.29 is 22.4 Å². The molecule has 0 spiro atoms. The smallest absolute Gasteiger partial charge is 0.234 e. The molecule has 0 bridgehead atoms. The quantitative estimate of drug-likeness (QED) is 0.793. The van der Waals surface area contributed by atoms with Crippen molar-refractivity contribution in [1.82, 2.24) is 0 Å².